The first kappa shape index (κ1) is 25.5. The number of rotatable bonds is 2. The molecule has 1 atom stereocenters. The lowest BCUT2D eigenvalue weighted by atomic mass is 9.64. The van der Waals surface area contributed by atoms with Gasteiger partial charge in [-0.05, 0) is 94.9 Å². The molecule has 5 aromatic carbocycles. The lowest BCUT2D eigenvalue weighted by Gasteiger charge is -2.36. The highest BCUT2D eigenvalue weighted by molar-refractivity contribution is 6.62. The van der Waals surface area contributed by atoms with Gasteiger partial charge in [-0.25, -0.2) is 0 Å². The quantitative estimate of drug-likeness (QED) is 0.203. The summed E-state index contributed by atoms with van der Waals surface area (Å²) < 4.78 is 13.1. The van der Waals surface area contributed by atoms with Gasteiger partial charge in [0, 0.05) is 0 Å². The van der Waals surface area contributed by atoms with Gasteiger partial charge in [0.15, 0.2) is 0 Å². The summed E-state index contributed by atoms with van der Waals surface area (Å²) in [6.07, 6.45) is 4.57. The third-order valence-corrected chi connectivity index (χ3v) is 9.97. The number of benzene rings is 5. The Morgan fingerprint density at radius 2 is 1.10 bits per heavy atom. The predicted octanol–water partition coefficient (Wildman–Crippen LogP) is 8.50. The smallest absolute Gasteiger partial charge is 0.399 e. The van der Waals surface area contributed by atoms with Crippen molar-refractivity contribution >= 4 is 24.7 Å². The van der Waals surface area contributed by atoms with E-state index < -0.39 is 23.7 Å². The van der Waals surface area contributed by atoms with E-state index in [4.69, 9.17) is 9.31 Å². The maximum Gasteiger partial charge on any atom is 0.494 e. The summed E-state index contributed by atoms with van der Waals surface area (Å²) in [5.41, 5.74) is 12.3. The topological polar surface area (TPSA) is 18.5 Å². The molecular weight excluding hydrogens is 511 g/mol. The predicted molar refractivity (Wildman–Crippen MR) is 174 cm³/mol. The van der Waals surface area contributed by atoms with E-state index in [0.717, 1.165) is 5.46 Å². The van der Waals surface area contributed by atoms with E-state index in [1.54, 1.807) is 0 Å². The molecule has 0 amide bonds. The van der Waals surface area contributed by atoms with Crippen molar-refractivity contribution in [2.24, 2.45) is 0 Å². The van der Waals surface area contributed by atoms with Crippen molar-refractivity contribution in [2.45, 2.75) is 44.3 Å². The SMILES string of the molecule is CC1(C)OB(c2ccc3c(c2)C2(c4ccccc4C=Cc4ccc(-c5ccccc5)cc42)c2ccccc2-3)OC1(C)C. The zero-order chi connectivity index (χ0) is 28.7. The highest BCUT2D eigenvalue weighted by Crippen LogP contribution is 2.58. The van der Waals surface area contributed by atoms with Crippen LogP contribution in [0.4, 0.5) is 0 Å². The number of hydrogen-bond donors (Lipinski definition) is 0. The van der Waals surface area contributed by atoms with Crippen LogP contribution in [-0.4, -0.2) is 18.3 Å². The van der Waals surface area contributed by atoms with Crippen LogP contribution in [0.15, 0.2) is 115 Å². The molecular formula is C39H33BO2. The van der Waals surface area contributed by atoms with Crippen LogP contribution in [0, 0.1) is 0 Å². The van der Waals surface area contributed by atoms with E-state index in [0.29, 0.717) is 0 Å². The molecule has 204 valence electrons. The fourth-order valence-electron chi connectivity index (χ4n) is 7.15. The van der Waals surface area contributed by atoms with E-state index in [1.807, 2.05) is 0 Å². The molecule has 1 heterocycles. The van der Waals surface area contributed by atoms with E-state index in [2.05, 4.69) is 155 Å². The normalized spacial score (nSPS) is 20.5. The summed E-state index contributed by atoms with van der Waals surface area (Å²) >= 11 is 0. The van der Waals surface area contributed by atoms with Gasteiger partial charge in [0.1, 0.15) is 0 Å². The van der Waals surface area contributed by atoms with Crippen LogP contribution < -0.4 is 5.46 Å². The third-order valence-electron chi connectivity index (χ3n) is 9.97. The molecule has 3 aliphatic rings. The first-order valence-electron chi connectivity index (χ1n) is 14.9. The van der Waals surface area contributed by atoms with Crippen LogP contribution in [0.5, 0.6) is 0 Å². The van der Waals surface area contributed by atoms with Crippen molar-refractivity contribution in [1.29, 1.82) is 0 Å². The summed E-state index contributed by atoms with van der Waals surface area (Å²) in [5.74, 6) is 0. The molecule has 0 N–H and O–H groups in total. The van der Waals surface area contributed by atoms with E-state index in [9.17, 15) is 0 Å². The molecule has 1 aliphatic heterocycles. The fourth-order valence-corrected chi connectivity index (χ4v) is 7.15. The van der Waals surface area contributed by atoms with Crippen molar-refractivity contribution in [3.8, 4) is 22.3 Å². The van der Waals surface area contributed by atoms with E-state index in [-0.39, 0.29) is 0 Å². The molecule has 3 heteroatoms. The van der Waals surface area contributed by atoms with Crippen molar-refractivity contribution in [2.75, 3.05) is 0 Å². The minimum absolute atomic E-state index is 0.409. The first-order valence-corrected chi connectivity index (χ1v) is 14.9. The van der Waals surface area contributed by atoms with Gasteiger partial charge in [0.05, 0.1) is 16.6 Å². The molecule has 2 aliphatic carbocycles. The average Bonchev–Trinajstić information content (AvgIpc) is 3.35. The molecule has 0 bridgehead atoms. The van der Waals surface area contributed by atoms with Gasteiger partial charge in [-0.3, -0.25) is 0 Å². The third kappa shape index (κ3) is 3.47. The lowest BCUT2D eigenvalue weighted by molar-refractivity contribution is 0.00578. The van der Waals surface area contributed by atoms with Gasteiger partial charge >= 0.3 is 7.12 Å². The Kier molecular flexibility index (Phi) is 5.42. The Hall–Kier alpha value is -4.18. The van der Waals surface area contributed by atoms with Crippen LogP contribution in [-0.2, 0) is 14.7 Å². The zero-order valence-electron chi connectivity index (χ0n) is 24.5. The highest BCUT2D eigenvalue weighted by atomic mass is 16.7. The summed E-state index contributed by atoms with van der Waals surface area (Å²) in [5, 5.41) is 0. The molecule has 42 heavy (non-hydrogen) atoms. The van der Waals surface area contributed by atoms with Gasteiger partial charge in [0.2, 0.25) is 0 Å². The molecule has 5 aromatic rings. The molecule has 1 saturated heterocycles. The van der Waals surface area contributed by atoms with Crippen LogP contribution in [0.1, 0.15) is 61.1 Å². The van der Waals surface area contributed by atoms with Crippen molar-refractivity contribution in [1.82, 2.24) is 0 Å². The maximum atomic E-state index is 6.57. The van der Waals surface area contributed by atoms with Crippen LogP contribution >= 0.6 is 0 Å². The molecule has 0 radical (unpaired) electrons. The van der Waals surface area contributed by atoms with Gasteiger partial charge < -0.3 is 9.31 Å². The van der Waals surface area contributed by atoms with Gasteiger partial charge in [-0.1, -0.05) is 121 Å². The standard InChI is InChI=1S/C39H33BO2/c1-37(2)38(3,4)42-40(41-37)30-22-23-32-31-15-9-11-17-34(31)39(36(32)25-30)33-16-10-8-14-27(33)18-19-28-20-21-29(24-35(28)39)26-12-6-5-7-13-26/h5-25H,1-4H3. The summed E-state index contributed by atoms with van der Waals surface area (Å²) in [4.78, 5) is 0. The van der Waals surface area contributed by atoms with Crippen LogP contribution in [0.3, 0.4) is 0 Å². The molecule has 1 unspecified atom stereocenters. The van der Waals surface area contributed by atoms with Crippen LogP contribution in [0.25, 0.3) is 34.4 Å². The second kappa shape index (κ2) is 8.91. The molecule has 0 aromatic heterocycles. The molecule has 0 saturated carbocycles. The van der Waals surface area contributed by atoms with Gasteiger partial charge in [-0.2, -0.15) is 0 Å². The molecule has 2 nitrogen and oxygen atoms in total. The Labute approximate surface area is 248 Å². The Bertz CT molecular complexity index is 1890. The summed E-state index contributed by atoms with van der Waals surface area (Å²) in [6, 6.07) is 42.3. The fraction of sp³-hybridized carbons (Fsp3) is 0.179. The first-order chi connectivity index (χ1) is 20.3. The second-order valence-corrected chi connectivity index (χ2v) is 12.8. The van der Waals surface area contributed by atoms with Crippen molar-refractivity contribution in [3.05, 3.63) is 149 Å². The summed E-state index contributed by atoms with van der Waals surface area (Å²) in [7, 11) is -0.435. The van der Waals surface area contributed by atoms with Crippen LogP contribution in [0.2, 0.25) is 0 Å². The molecule has 1 fully saturated rings. The highest BCUT2D eigenvalue weighted by Gasteiger charge is 2.53. The summed E-state index contributed by atoms with van der Waals surface area (Å²) in [6.45, 7) is 8.47. The van der Waals surface area contributed by atoms with Gasteiger partial charge in [0.25, 0.3) is 0 Å². The van der Waals surface area contributed by atoms with Crippen molar-refractivity contribution in [3.63, 3.8) is 0 Å². The van der Waals surface area contributed by atoms with Gasteiger partial charge in [-0.15, -0.1) is 0 Å². The Balaban J connectivity index is 1.45. The van der Waals surface area contributed by atoms with E-state index in [1.165, 1.54) is 55.6 Å². The second-order valence-electron chi connectivity index (χ2n) is 12.8. The molecule has 1 spiro atoms. The number of hydrogen-bond acceptors (Lipinski definition) is 2. The maximum absolute atomic E-state index is 6.57. The Morgan fingerprint density at radius 3 is 1.86 bits per heavy atom. The minimum atomic E-state index is -0.508. The monoisotopic (exact) mass is 544 g/mol. The molecule has 8 rings (SSSR count). The van der Waals surface area contributed by atoms with E-state index >= 15 is 0 Å². The number of fused-ring (bicyclic) bond motifs is 9. The lowest BCUT2D eigenvalue weighted by Crippen LogP contribution is -2.41. The minimum Gasteiger partial charge on any atom is -0.399 e. The zero-order valence-corrected chi connectivity index (χ0v) is 24.5. The Morgan fingerprint density at radius 1 is 0.476 bits per heavy atom. The largest absolute Gasteiger partial charge is 0.494 e. The van der Waals surface area contributed by atoms with Crippen molar-refractivity contribution < 1.29 is 9.31 Å². The average molecular weight is 545 g/mol.